The minimum atomic E-state index is -0.814. The number of imide groups is 1. The molecule has 0 radical (unpaired) electrons. The highest BCUT2D eigenvalue weighted by molar-refractivity contribution is 6.09. The van der Waals surface area contributed by atoms with Gasteiger partial charge in [0.15, 0.2) is 0 Å². The first kappa shape index (κ1) is 20.6. The molecule has 0 aromatic heterocycles. The highest BCUT2D eigenvalue weighted by atomic mass is 19.1. The van der Waals surface area contributed by atoms with Gasteiger partial charge in [0.1, 0.15) is 17.9 Å². The molecule has 1 aliphatic carbocycles. The van der Waals surface area contributed by atoms with Gasteiger partial charge in [-0.25, -0.2) is 9.18 Å². The van der Waals surface area contributed by atoms with Crippen LogP contribution < -0.4 is 15.5 Å². The van der Waals surface area contributed by atoms with Gasteiger partial charge in [-0.05, 0) is 68.2 Å². The van der Waals surface area contributed by atoms with Crippen molar-refractivity contribution in [2.45, 2.75) is 44.6 Å². The van der Waals surface area contributed by atoms with E-state index in [9.17, 15) is 18.8 Å². The molecule has 1 spiro atoms. The lowest BCUT2D eigenvalue weighted by atomic mass is 9.77. The van der Waals surface area contributed by atoms with E-state index in [2.05, 4.69) is 22.5 Å². The SMILES string of the molecule is CC1CCC2(CC1)NC(=O)N(CC(=O)NCC1CCN(c3ccc(F)cc3)C1)C2=O. The van der Waals surface area contributed by atoms with Crippen LogP contribution in [0.4, 0.5) is 14.9 Å². The third-order valence-corrected chi connectivity index (χ3v) is 6.74. The smallest absolute Gasteiger partial charge is 0.325 e. The van der Waals surface area contributed by atoms with E-state index in [0.717, 1.165) is 42.9 Å². The number of nitrogens with zero attached hydrogens (tertiary/aromatic N) is 2. The maximum Gasteiger partial charge on any atom is 0.325 e. The molecule has 2 heterocycles. The van der Waals surface area contributed by atoms with Crippen LogP contribution in [0.5, 0.6) is 0 Å². The Labute approximate surface area is 176 Å². The number of nitrogens with one attached hydrogen (secondary N) is 2. The summed E-state index contributed by atoms with van der Waals surface area (Å²) in [5, 5.41) is 5.72. The minimum absolute atomic E-state index is 0.240. The molecule has 4 amide bonds. The summed E-state index contributed by atoms with van der Waals surface area (Å²) in [5.74, 6) is -0.0171. The van der Waals surface area contributed by atoms with Crippen LogP contribution >= 0.6 is 0 Å². The molecule has 1 saturated carbocycles. The van der Waals surface area contributed by atoms with E-state index in [4.69, 9.17) is 0 Å². The van der Waals surface area contributed by atoms with Crippen molar-refractivity contribution in [3.8, 4) is 0 Å². The Bertz CT molecular complexity index is 820. The quantitative estimate of drug-likeness (QED) is 0.722. The third kappa shape index (κ3) is 4.13. The molecule has 3 aliphatic rings. The highest BCUT2D eigenvalue weighted by Crippen LogP contribution is 2.36. The predicted octanol–water partition coefficient (Wildman–Crippen LogP) is 2.27. The molecule has 1 unspecified atom stereocenters. The number of hydrogen-bond donors (Lipinski definition) is 2. The molecule has 4 rings (SSSR count). The van der Waals surface area contributed by atoms with Gasteiger partial charge in [-0.1, -0.05) is 6.92 Å². The number of carbonyl (C=O) groups is 3. The zero-order valence-electron chi connectivity index (χ0n) is 17.3. The van der Waals surface area contributed by atoms with Crippen LogP contribution in [-0.2, 0) is 9.59 Å². The van der Waals surface area contributed by atoms with E-state index in [1.165, 1.54) is 12.1 Å². The molecular weight excluding hydrogens is 387 g/mol. The van der Waals surface area contributed by atoms with E-state index in [0.29, 0.717) is 25.3 Å². The molecule has 7 nitrogen and oxygen atoms in total. The Morgan fingerprint density at radius 1 is 1.20 bits per heavy atom. The maximum atomic E-state index is 13.1. The molecule has 2 aliphatic heterocycles. The second kappa shape index (κ2) is 8.24. The van der Waals surface area contributed by atoms with Crippen LogP contribution in [0.2, 0.25) is 0 Å². The van der Waals surface area contributed by atoms with Crippen LogP contribution in [0.25, 0.3) is 0 Å². The lowest BCUT2D eigenvalue weighted by molar-refractivity contribution is -0.136. The first-order valence-corrected chi connectivity index (χ1v) is 10.8. The lowest BCUT2D eigenvalue weighted by Crippen LogP contribution is -2.50. The molecule has 3 fully saturated rings. The van der Waals surface area contributed by atoms with Crippen molar-refractivity contribution in [3.05, 3.63) is 30.1 Å². The minimum Gasteiger partial charge on any atom is -0.371 e. The highest BCUT2D eigenvalue weighted by Gasteiger charge is 2.52. The van der Waals surface area contributed by atoms with Gasteiger partial charge in [0.2, 0.25) is 5.91 Å². The summed E-state index contributed by atoms with van der Waals surface area (Å²) >= 11 is 0. The topological polar surface area (TPSA) is 81.8 Å². The van der Waals surface area contributed by atoms with Crippen LogP contribution in [-0.4, -0.2) is 54.5 Å². The molecule has 1 aromatic rings. The summed E-state index contributed by atoms with van der Waals surface area (Å²) in [6, 6.07) is 5.95. The average Bonchev–Trinajstić information content (AvgIpc) is 3.29. The van der Waals surface area contributed by atoms with E-state index in [1.807, 2.05) is 0 Å². The standard InChI is InChI=1S/C22H29FN4O3/c1-15-6-9-22(10-7-15)20(29)27(21(30)25-22)14-19(28)24-12-16-8-11-26(13-16)18-4-2-17(23)3-5-18/h2-5,15-16H,6-14H2,1H3,(H,24,28)(H,25,30). The average molecular weight is 416 g/mol. The van der Waals surface area contributed by atoms with E-state index in [1.54, 1.807) is 12.1 Å². The van der Waals surface area contributed by atoms with E-state index >= 15 is 0 Å². The van der Waals surface area contributed by atoms with E-state index in [-0.39, 0.29) is 30.1 Å². The van der Waals surface area contributed by atoms with Gasteiger partial charge in [0.25, 0.3) is 5.91 Å². The fourth-order valence-electron chi connectivity index (χ4n) is 4.76. The summed E-state index contributed by atoms with van der Waals surface area (Å²) in [6.45, 7) is 4.02. The number of benzene rings is 1. The third-order valence-electron chi connectivity index (χ3n) is 6.74. The molecule has 8 heteroatoms. The molecule has 162 valence electrons. The normalized spacial score (nSPS) is 28.9. The number of urea groups is 1. The monoisotopic (exact) mass is 416 g/mol. The van der Waals surface area contributed by atoms with Crippen molar-refractivity contribution in [1.29, 1.82) is 0 Å². The Morgan fingerprint density at radius 3 is 2.60 bits per heavy atom. The zero-order valence-corrected chi connectivity index (χ0v) is 17.3. The maximum absolute atomic E-state index is 13.1. The summed E-state index contributed by atoms with van der Waals surface area (Å²) < 4.78 is 13.1. The van der Waals surface area contributed by atoms with Crippen LogP contribution in [0.15, 0.2) is 24.3 Å². The van der Waals surface area contributed by atoms with Gasteiger partial charge < -0.3 is 15.5 Å². The summed E-state index contributed by atoms with van der Waals surface area (Å²) in [4.78, 5) is 40.8. The van der Waals surface area contributed by atoms with Crippen molar-refractivity contribution in [2.24, 2.45) is 11.8 Å². The van der Waals surface area contributed by atoms with Crippen molar-refractivity contribution in [3.63, 3.8) is 0 Å². The molecule has 1 aromatic carbocycles. The number of halogens is 1. The number of hydrogen-bond acceptors (Lipinski definition) is 4. The van der Waals surface area contributed by atoms with Crippen molar-refractivity contribution in [2.75, 3.05) is 31.1 Å². The van der Waals surface area contributed by atoms with E-state index < -0.39 is 11.6 Å². The van der Waals surface area contributed by atoms with Crippen LogP contribution in [0.1, 0.15) is 39.0 Å². The zero-order chi connectivity index (χ0) is 21.3. The molecule has 30 heavy (non-hydrogen) atoms. The fourth-order valence-corrected chi connectivity index (χ4v) is 4.76. The van der Waals surface area contributed by atoms with Gasteiger partial charge in [-0.2, -0.15) is 0 Å². The first-order chi connectivity index (χ1) is 14.4. The first-order valence-electron chi connectivity index (χ1n) is 10.8. The number of rotatable bonds is 5. The lowest BCUT2D eigenvalue weighted by Gasteiger charge is -2.33. The van der Waals surface area contributed by atoms with Gasteiger partial charge in [-0.3, -0.25) is 14.5 Å². The van der Waals surface area contributed by atoms with Gasteiger partial charge in [-0.15, -0.1) is 0 Å². The molecule has 2 saturated heterocycles. The van der Waals surface area contributed by atoms with Crippen molar-refractivity contribution >= 4 is 23.5 Å². The molecule has 1 atom stereocenters. The van der Waals surface area contributed by atoms with Crippen LogP contribution in [0, 0.1) is 17.7 Å². The van der Waals surface area contributed by atoms with Crippen molar-refractivity contribution in [1.82, 2.24) is 15.5 Å². The van der Waals surface area contributed by atoms with Crippen molar-refractivity contribution < 1.29 is 18.8 Å². The number of amides is 4. The number of anilines is 1. The van der Waals surface area contributed by atoms with Crippen LogP contribution in [0.3, 0.4) is 0 Å². The molecular formula is C22H29FN4O3. The summed E-state index contributed by atoms with van der Waals surface area (Å²) in [7, 11) is 0. The van der Waals surface area contributed by atoms with Gasteiger partial charge in [0, 0.05) is 25.3 Å². The molecule has 2 N–H and O–H groups in total. The Hall–Kier alpha value is -2.64. The molecule has 0 bridgehead atoms. The number of carbonyl (C=O) groups excluding carboxylic acids is 3. The Kier molecular flexibility index (Phi) is 5.66. The summed E-state index contributed by atoms with van der Waals surface area (Å²) in [5.41, 5.74) is 0.155. The predicted molar refractivity (Wildman–Crippen MR) is 110 cm³/mol. The second-order valence-corrected chi connectivity index (χ2v) is 8.97. The largest absolute Gasteiger partial charge is 0.371 e. The Balaban J connectivity index is 1.26. The van der Waals surface area contributed by atoms with Gasteiger partial charge in [0.05, 0.1) is 0 Å². The fraction of sp³-hybridized carbons (Fsp3) is 0.591. The summed E-state index contributed by atoms with van der Waals surface area (Å²) in [6.07, 6.45) is 4.00. The van der Waals surface area contributed by atoms with Gasteiger partial charge >= 0.3 is 6.03 Å². The Morgan fingerprint density at radius 2 is 1.90 bits per heavy atom. The second-order valence-electron chi connectivity index (χ2n) is 8.97.